The van der Waals surface area contributed by atoms with Crippen LogP contribution in [-0.2, 0) is 6.18 Å². The molecule has 2 rings (SSSR count). The molecule has 0 aliphatic carbocycles. The molecule has 104 valence electrons. The first kappa shape index (κ1) is 14.1. The second-order valence-electron chi connectivity index (χ2n) is 4.26. The minimum Gasteiger partial charge on any atom is -0.456 e. The van der Waals surface area contributed by atoms with Gasteiger partial charge in [0.2, 0.25) is 0 Å². The molecular weight excluding hydrogens is 269 g/mol. The van der Waals surface area contributed by atoms with Crippen LogP contribution in [0.25, 0.3) is 0 Å². The molecule has 0 N–H and O–H groups in total. The van der Waals surface area contributed by atoms with Crippen LogP contribution in [0.1, 0.15) is 21.5 Å². The Morgan fingerprint density at radius 1 is 1.05 bits per heavy atom. The first-order chi connectivity index (χ1) is 9.41. The third kappa shape index (κ3) is 2.99. The third-order valence-corrected chi connectivity index (χ3v) is 2.70. The van der Waals surface area contributed by atoms with Crippen molar-refractivity contribution in [3.8, 4) is 11.5 Å². The molecular formula is C15H11F3O2. The maximum atomic E-state index is 12.8. The molecule has 0 saturated heterocycles. The number of ether oxygens (including phenoxy) is 1. The molecule has 2 nitrogen and oxygen atoms in total. The molecule has 0 aliphatic rings. The number of para-hydroxylation sites is 1. The van der Waals surface area contributed by atoms with Crippen molar-refractivity contribution in [3.63, 3.8) is 0 Å². The van der Waals surface area contributed by atoms with Crippen LogP contribution in [0.4, 0.5) is 13.2 Å². The number of hydrogen-bond donors (Lipinski definition) is 0. The van der Waals surface area contributed by atoms with Crippen LogP contribution in [0.5, 0.6) is 11.5 Å². The van der Waals surface area contributed by atoms with Crippen molar-refractivity contribution in [2.24, 2.45) is 0 Å². The third-order valence-electron chi connectivity index (χ3n) is 2.70. The highest BCUT2D eigenvalue weighted by Gasteiger charge is 2.34. The predicted octanol–water partition coefficient (Wildman–Crippen LogP) is 4.62. The van der Waals surface area contributed by atoms with E-state index in [4.69, 9.17) is 4.74 Å². The maximum Gasteiger partial charge on any atom is 0.419 e. The van der Waals surface area contributed by atoms with Crippen molar-refractivity contribution in [1.29, 1.82) is 0 Å². The van der Waals surface area contributed by atoms with Crippen LogP contribution < -0.4 is 4.74 Å². The van der Waals surface area contributed by atoms with E-state index in [1.54, 1.807) is 19.1 Å². The van der Waals surface area contributed by atoms with Gasteiger partial charge in [0.25, 0.3) is 0 Å². The molecule has 2 aromatic rings. The number of rotatable bonds is 3. The van der Waals surface area contributed by atoms with E-state index in [0.717, 1.165) is 11.6 Å². The van der Waals surface area contributed by atoms with Gasteiger partial charge in [0.15, 0.2) is 6.29 Å². The van der Waals surface area contributed by atoms with Crippen molar-refractivity contribution in [3.05, 3.63) is 59.2 Å². The average Bonchev–Trinajstić information content (AvgIpc) is 2.40. The summed E-state index contributed by atoms with van der Waals surface area (Å²) in [4.78, 5) is 10.9. The van der Waals surface area contributed by atoms with Gasteiger partial charge in [-0.3, -0.25) is 4.79 Å². The van der Waals surface area contributed by atoms with E-state index in [-0.39, 0.29) is 17.1 Å². The molecule has 0 fully saturated rings. The zero-order valence-corrected chi connectivity index (χ0v) is 10.6. The molecule has 5 heteroatoms. The summed E-state index contributed by atoms with van der Waals surface area (Å²) in [5.74, 6) is -0.228. The number of carbonyl (C=O) groups is 1. The van der Waals surface area contributed by atoms with Gasteiger partial charge in [-0.1, -0.05) is 23.8 Å². The molecule has 0 radical (unpaired) electrons. The zero-order chi connectivity index (χ0) is 14.8. The van der Waals surface area contributed by atoms with E-state index in [0.29, 0.717) is 6.29 Å². The minimum absolute atomic E-state index is 0.0994. The molecule has 2 aromatic carbocycles. The molecule has 0 bridgehead atoms. The second kappa shape index (κ2) is 5.36. The SMILES string of the molecule is Cc1ccc(Oc2ccccc2C(F)(F)F)c(C=O)c1. The van der Waals surface area contributed by atoms with E-state index < -0.39 is 11.7 Å². The fraction of sp³-hybridized carbons (Fsp3) is 0.133. The predicted molar refractivity (Wildman–Crippen MR) is 68.1 cm³/mol. The van der Waals surface area contributed by atoms with Gasteiger partial charge < -0.3 is 4.74 Å². The molecule has 0 unspecified atom stereocenters. The van der Waals surface area contributed by atoms with Gasteiger partial charge in [-0.15, -0.1) is 0 Å². The number of hydrogen-bond acceptors (Lipinski definition) is 2. The summed E-state index contributed by atoms with van der Waals surface area (Å²) in [6.07, 6.45) is -3.96. The molecule has 0 spiro atoms. The van der Waals surface area contributed by atoms with Gasteiger partial charge in [0.05, 0.1) is 11.1 Å². The standard InChI is InChI=1S/C15H11F3O2/c1-10-6-7-13(11(8-10)9-19)20-14-5-3-2-4-12(14)15(16,17)18/h2-9H,1H3. The highest BCUT2D eigenvalue weighted by atomic mass is 19.4. The number of aryl methyl sites for hydroxylation is 1. The van der Waals surface area contributed by atoms with Crippen LogP contribution in [0.15, 0.2) is 42.5 Å². The quantitative estimate of drug-likeness (QED) is 0.767. The molecule has 0 heterocycles. The lowest BCUT2D eigenvalue weighted by atomic mass is 10.1. The van der Waals surface area contributed by atoms with E-state index in [1.165, 1.54) is 24.3 Å². The smallest absolute Gasteiger partial charge is 0.419 e. The van der Waals surface area contributed by atoms with Gasteiger partial charge in [-0.2, -0.15) is 13.2 Å². The lowest BCUT2D eigenvalue weighted by Crippen LogP contribution is -2.07. The van der Waals surface area contributed by atoms with Crippen LogP contribution in [0, 0.1) is 6.92 Å². The summed E-state index contributed by atoms with van der Waals surface area (Å²) in [5.41, 5.74) is 0.156. The number of aldehydes is 1. The van der Waals surface area contributed by atoms with Crippen molar-refractivity contribution >= 4 is 6.29 Å². The van der Waals surface area contributed by atoms with Gasteiger partial charge >= 0.3 is 6.18 Å². The first-order valence-electron chi connectivity index (χ1n) is 5.81. The second-order valence-corrected chi connectivity index (χ2v) is 4.26. The Labute approximate surface area is 113 Å². The number of alkyl halides is 3. The van der Waals surface area contributed by atoms with E-state index in [1.807, 2.05) is 0 Å². The van der Waals surface area contributed by atoms with Crippen molar-refractivity contribution in [2.45, 2.75) is 13.1 Å². The summed E-state index contributed by atoms with van der Waals surface area (Å²) < 4.78 is 43.8. The Kier molecular flexibility index (Phi) is 3.79. The Hall–Kier alpha value is -2.30. The van der Waals surface area contributed by atoms with Gasteiger partial charge in [-0.05, 0) is 31.2 Å². The Bertz CT molecular complexity index is 633. The number of benzene rings is 2. The molecule has 0 aliphatic heterocycles. The van der Waals surface area contributed by atoms with Gasteiger partial charge in [0, 0.05) is 0 Å². The van der Waals surface area contributed by atoms with Crippen LogP contribution >= 0.6 is 0 Å². The van der Waals surface area contributed by atoms with Gasteiger partial charge in [0.1, 0.15) is 11.5 Å². The fourth-order valence-corrected chi connectivity index (χ4v) is 1.76. The number of halogens is 3. The molecule has 0 atom stereocenters. The highest BCUT2D eigenvalue weighted by Crippen LogP contribution is 2.38. The lowest BCUT2D eigenvalue weighted by molar-refractivity contribution is -0.138. The number of carbonyl (C=O) groups excluding carboxylic acids is 1. The Morgan fingerprint density at radius 3 is 2.40 bits per heavy atom. The molecule has 20 heavy (non-hydrogen) atoms. The van der Waals surface area contributed by atoms with E-state index in [9.17, 15) is 18.0 Å². The van der Waals surface area contributed by atoms with E-state index in [2.05, 4.69) is 0 Å². The normalized spacial score (nSPS) is 11.2. The molecule has 0 amide bonds. The maximum absolute atomic E-state index is 12.8. The molecule has 0 saturated carbocycles. The van der Waals surface area contributed by atoms with Crippen molar-refractivity contribution in [1.82, 2.24) is 0 Å². The van der Waals surface area contributed by atoms with Gasteiger partial charge in [-0.25, -0.2) is 0 Å². The summed E-state index contributed by atoms with van der Waals surface area (Å²) in [6.45, 7) is 1.78. The molecule has 0 aromatic heterocycles. The Morgan fingerprint density at radius 2 is 1.75 bits per heavy atom. The first-order valence-corrected chi connectivity index (χ1v) is 5.81. The fourth-order valence-electron chi connectivity index (χ4n) is 1.76. The summed E-state index contributed by atoms with van der Waals surface area (Å²) in [6, 6.07) is 9.58. The summed E-state index contributed by atoms with van der Waals surface area (Å²) in [7, 11) is 0. The van der Waals surface area contributed by atoms with Crippen molar-refractivity contribution < 1.29 is 22.7 Å². The zero-order valence-electron chi connectivity index (χ0n) is 10.6. The average molecular weight is 280 g/mol. The minimum atomic E-state index is -4.51. The summed E-state index contributed by atoms with van der Waals surface area (Å²) >= 11 is 0. The largest absolute Gasteiger partial charge is 0.456 e. The van der Waals surface area contributed by atoms with E-state index >= 15 is 0 Å². The topological polar surface area (TPSA) is 26.3 Å². The van der Waals surface area contributed by atoms with Crippen molar-refractivity contribution in [2.75, 3.05) is 0 Å². The summed E-state index contributed by atoms with van der Waals surface area (Å²) in [5, 5.41) is 0. The monoisotopic (exact) mass is 280 g/mol. The lowest BCUT2D eigenvalue weighted by Gasteiger charge is -2.14. The van der Waals surface area contributed by atoms with Crippen LogP contribution in [0.2, 0.25) is 0 Å². The highest BCUT2D eigenvalue weighted by molar-refractivity contribution is 5.79. The van der Waals surface area contributed by atoms with Crippen LogP contribution in [-0.4, -0.2) is 6.29 Å². The van der Waals surface area contributed by atoms with Crippen LogP contribution in [0.3, 0.4) is 0 Å². The Balaban J connectivity index is 2.43.